The second-order valence-corrected chi connectivity index (χ2v) is 6.27. The van der Waals surface area contributed by atoms with Crippen molar-refractivity contribution in [3.8, 4) is 0 Å². The normalized spacial score (nSPS) is 28.4. The van der Waals surface area contributed by atoms with E-state index in [0.717, 1.165) is 13.2 Å². The number of aryl methyl sites for hydroxylation is 2. The van der Waals surface area contributed by atoms with Crippen molar-refractivity contribution in [2.75, 3.05) is 26.7 Å². The monoisotopic (exact) mass is 274 g/mol. The van der Waals surface area contributed by atoms with E-state index in [9.17, 15) is 0 Å². The first-order valence-electron chi connectivity index (χ1n) is 7.79. The third kappa shape index (κ3) is 2.62. The molecule has 2 heterocycles. The predicted molar refractivity (Wildman–Crippen MR) is 82.1 cm³/mol. The van der Waals surface area contributed by atoms with Gasteiger partial charge in [0.25, 0.3) is 0 Å². The Morgan fingerprint density at radius 2 is 2.15 bits per heavy atom. The summed E-state index contributed by atoms with van der Waals surface area (Å²) in [6.45, 7) is 7.55. The lowest BCUT2D eigenvalue weighted by Gasteiger charge is -2.39. The summed E-state index contributed by atoms with van der Waals surface area (Å²) in [7, 11) is 2.04. The SMILES string of the molecule is CNC(c1ccc(C)c(C)c1)C1CN2CCCC2CO1. The molecule has 2 aliphatic heterocycles. The van der Waals surface area contributed by atoms with Gasteiger partial charge in [-0.1, -0.05) is 18.2 Å². The second kappa shape index (κ2) is 5.84. The minimum absolute atomic E-state index is 0.261. The van der Waals surface area contributed by atoms with Crippen molar-refractivity contribution in [3.05, 3.63) is 34.9 Å². The third-order valence-corrected chi connectivity index (χ3v) is 4.99. The van der Waals surface area contributed by atoms with Crippen molar-refractivity contribution in [1.82, 2.24) is 10.2 Å². The van der Waals surface area contributed by atoms with Crippen LogP contribution in [0.25, 0.3) is 0 Å². The van der Waals surface area contributed by atoms with Crippen LogP contribution in [0.1, 0.15) is 35.6 Å². The number of likely N-dealkylation sites (N-methyl/N-ethyl adjacent to an activating group) is 1. The van der Waals surface area contributed by atoms with Gasteiger partial charge in [0, 0.05) is 12.6 Å². The van der Waals surface area contributed by atoms with E-state index >= 15 is 0 Å². The molecule has 0 bridgehead atoms. The molecule has 0 radical (unpaired) electrons. The molecule has 3 heteroatoms. The lowest BCUT2D eigenvalue weighted by molar-refractivity contribution is -0.0642. The highest BCUT2D eigenvalue weighted by atomic mass is 16.5. The first-order valence-corrected chi connectivity index (χ1v) is 7.79. The minimum atomic E-state index is 0.261. The molecule has 2 saturated heterocycles. The molecule has 3 nitrogen and oxygen atoms in total. The van der Waals surface area contributed by atoms with Crippen LogP contribution in [-0.4, -0.2) is 43.8 Å². The molecule has 3 rings (SSSR count). The number of rotatable bonds is 3. The summed E-state index contributed by atoms with van der Waals surface area (Å²) >= 11 is 0. The Morgan fingerprint density at radius 1 is 1.30 bits per heavy atom. The van der Waals surface area contributed by atoms with Crippen LogP contribution >= 0.6 is 0 Å². The lowest BCUT2D eigenvalue weighted by atomic mass is 9.96. The molecule has 0 amide bonds. The summed E-state index contributed by atoms with van der Waals surface area (Å²) < 4.78 is 6.17. The van der Waals surface area contributed by atoms with Gasteiger partial charge in [0.1, 0.15) is 0 Å². The van der Waals surface area contributed by atoms with Crippen LogP contribution in [0.4, 0.5) is 0 Å². The molecule has 3 atom stereocenters. The van der Waals surface area contributed by atoms with E-state index in [2.05, 4.69) is 42.3 Å². The van der Waals surface area contributed by atoms with E-state index in [1.54, 1.807) is 0 Å². The van der Waals surface area contributed by atoms with Crippen molar-refractivity contribution in [2.24, 2.45) is 0 Å². The Labute approximate surface area is 122 Å². The van der Waals surface area contributed by atoms with E-state index in [1.807, 2.05) is 7.05 Å². The Morgan fingerprint density at radius 3 is 2.90 bits per heavy atom. The smallest absolute Gasteiger partial charge is 0.0897 e. The number of nitrogens with one attached hydrogen (secondary N) is 1. The van der Waals surface area contributed by atoms with Gasteiger partial charge in [0.2, 0.25) is 0 Å². The zero-order valence-corrected chi connectivity index (χ0v) is 12.9. The summed E-state index contributed by atoms with van der Waals surface area (Å²) in [5, 5.41) is 3.46. The molecule has 110 valence electrons. The standard InChI is InChI=1S/C17H26N2O/c1-12-6-7-14(9-13(12)2)17(18-3)16-10-19-8-4-5-15(19)11-20-16/h6-7,9,15-18H,4-5,8,10-11H2,1-3H3. The van der Waals surface area contributed by atoms with E-state index in [4.69, 9.17) is 4.74 Å². The van der Waals surface area contributed by atoms with Crippen LogP contribution in [0, 0.1) is 13.8 Å². The average Bonchev–Trinajstić information content (AvgIpc) is 2.91. The number of hydrogen-bond donors (Lipinski definition) is 1. The number of fused-ring (bicyclic) bond motifs is 1. The Kier molecular flexibility index (Phi) is 4.11. The first kappa shape index (κ1) is 14.1. The molecule has 2 aliphatic rings. The summed E-state index contributed by atoms with van der Waals surface area (Å²) in [5.41, 5.74) is 4.06. The highest BCUT2D eigenvalue weighted by molar-refractivity contribution is 5.32. The minimum Gasteiger partial charge on any atom is -0.373 e. The van der Waals surface area contributed by atoms with Gasteiger partial charge >= 0.3 is 0 Å². The van der Waals surface area contributed by atoms with Gasteiger partial charge in [0.05, 0.1) is 18.8 Å². The molecule has 2 fully saturated rings. The fraction of sp³-hybridized carbons (Fsp3) is 0.647. The van der Waals surface area contributed by atoms with Crippen LogP contribution in [0.5, 0.6) is 0 Å². The van der Waals surface area contributed by atoms with Crippen LogP contribution in [0.15, 0.2) is 18.2 Å². The topological polar surface area (TPSA) is 24.5 Å². The number of nitrogens with zero attached hydrogens (tertiary/aromatic N) is 1. The number of morpholine rings is 1. The molecule has 1 N–H and O–H groups in total. The second-order valence-electron chi connectivity index (χ2n) is 6.27. The molecule has 0 aliphatic carbocycles. The molecule has 0 saturated carbocycles. The van der Waals surface area contributed by atoms with E-state index in [1.165, 1.54) is 36.1 Å². The summed E-state index contributed by atoms with van der Waals surface area (Å²) in [6, 6.07) is 7.72. The van der Waals surface area contributed by atoms with Gasteiger partial charge in [0.15, 0.2) is 0 Å². The number of ether oxygens (including phenoxy) is 1. The predicted octanol–water partition coefficient (Wildman–Crippen LogP) is 2.43. The average molecular weight is 274 g/mol. The Balaban J connectivity index is 1.77. The zero-order valence-electron chi connectivity index (χ0n) is 12.9. The van der Waals surface area contributed by atoms with Crippen LogP contribution in [0.2, 0.25) is 0 Å². The van der Waals surface area contributed by atoms with Crippen LogP contribution in [-0.2, 0) is 4.74 Å². The maximum Gasteiger partial charge on any atom is 0.0897 e. The van der Waals surface area contributed by atoms with Crippen molar-refractivity contribution in [2.45, 2.75) is 44.9 Å². The van der Waals surface area contributed by atoms with Crippen molar-refractivity contribution in [3.63, 3.8) is 0 Å². The molecule has 0 spiro atoms. The number of hydrogen-bond acceptors (Lipinski definition) is 3. The van der Waals surface area contributed by atoms with Gasteiger partial charge in [-0.15, -0.1) is 0 Å². The quantitative estimate of drug-likeness (QED) is 0.916. The van der Waals surface area contributed by atoms with E-state index in [-0.39, 0.29) is 12.1 Å². The Bertz CT molecular complexity index is 474. The molecule has 20 heavy (non-hydrogen) atoms. The van der Waals surface area contributed by atoms with Crippen molar-refractivity contribution >= 4 is 0 Å². The van der Waals surface area contributed by atoms with Gasteiger partial charge in [-0.05, 0) is 57.0 Å². The van der Waals surface area contributed by atoms with E-state index < -0.39 is 0 Å². The van der Waals surface area contributed by atoms with Gasteiger partial charge in [-0.2, -0.15) is 0 Å². The lowest BCUT2D eigenvalue weighted by Crippen LogP contribution is -2.50. The fourth-order valence-corrected chi connectivity index (χ4v) is 3.57. The molecule has 0 aromatic heterocycles. The molecule has 3 unspecified atom stereocenters. The molecule has 1 aromatic rings. The van der Waals surface area contributed by atoms with Gasteiger partial charge in [-0.3, -0.25) is 4.90 Å². The maximum absolute atomic E-state index is 6.17. The van der Waals surface area contributed by atoms with E-state index in [0.29, 0.717) is 6.04 Å². The largest absolute Gasteiger partial charge is 0.373 e. The summed E-state index contributed by atoms with van der Waals surface area (Å²) in [5.74, 6) is 0. The first-order chi connectivity index (χ1) is 9.69. The van der Waals surface area contributed by atoms with Crippen LogP contribution < -0.4 is 5.32 Å². The Hall–Kier alpha value is -0.900. The highest BCUT2D eigenvalue weighted by Crippen LogP contribution is 2.29. The van der Waals surface area contributed by atoms with Gasteiger partial charge in [-0.25, -0.2) is 0 Å². The van der Waals surface area contributed by atoms with Crippen LogP contribution in [0.3, 0.4) is 0 Å². The maximum atomic E-state index is 6.17. The van der Waals surface area contributed by atoms with Gasteiger partial charge < -0.3 is 10.1 Å². The third-order valence-electron chi connectivity index (χ3n) is 4.99. The van der Waals surface area contributed by atoms with Crippen molar-refractivity contribution in [1.29, 1.82) is 0 Å². The number of benzene rings is 1. The zero-order chi connectivity index (χ0) is 14.1. The molecular formula is C17H26N2O. The molecule has 1 aromatic carbocycles. The summed E-state index contributed by atoms with van der Waals surface area (Å²) in [6.07, 6.45) is 2.89. The summed E-state index contributed by atoms with van der Waals surface area (Å²) in [4.78, 5) is 2.61. The molecular weight excluding hydrogens is 248 g/mol. The van der Waals surface area contributed by atoms with Crippen molar-refractivity contribution < 1.29 is 4.74 Å². The fourth-order valence-electron chi connectivity index (χ4n) is 3.57. The highest BCUT2D eigenvalue weighted by Gasteiger charge is 2.35.